The van der Waals surface area contributed by atoms with Gasteiger partial charge < -0.3 is 18.9 Å². The van der Waals surface area contributed by atoms with Crippen molar-refractivity contribution < 1.29 is 47.3 Å². The zero-order chi connectivity index (χ0) is 25.3. The zero-order valence-electron chi connectivity index (χ0n) is 19.1. The second-order valence-electron chi connectivity index (χ2n) is 5.88. The normalized spacial score (nSPS) is 11.5. The van der Waals surface area contributed by atoms with Gasteiger partial charge in [0.25, 0.3) is 15.2 Å². The van der Waals surface area contributed by atoms with E-state index in [1.54, 1.807) is 27.7 Å². The molecule has 17 heteroatoms. The molecule has 0 spiro atoms. The van der Waals surface area contributed by atoms with Crippen molar-refractivity contribution in [2.24, 2.45) is 0 Å². The monoisotopic (exact) mass is 517 g/mol. The first-order valence-electron chi connectivity index (χ1n) is 10.2. The van der Waals surface area contributed by atoms with Crippen molar-refractivity contribution in [2.75, 3.05) is 52.6 Å². The summed E-state index contributed by atoms with van der Waals surface area (Å²) in [5, 5.41) is 9.30. The molecule has 0 rings (SSSR count). The summed E-state index contributed by atoms with van der Waals surface area (Å²) in [4.78, 5) is 49.0. The fourth-order valence-electron chi connectivity index (χ4n) is 2.00. The maximum absolute atomic E-state index is 13.4. The van der Waals surface area contributed by atoms with E-state index in [1.807, 2.05) is 0 Å². The molecule has 0 fully saturated rings. The Hall–Kier alpha value is -1.86. The first-order valence-corrected chi connectivity index (χ1v) is 13.6. The van der Waals surface area contributed by atoms with Gasteiger partial charge >= 0.3 is 23.9 Å². The molecule has 0 heterocycles. The molecule has 33 heavy (non-hydrogen) atoms. The Labute approximate surface area is 192 Å². The lowest BCUT2D eigenvalue weighted by molar-refractivity contribution is -0.142. The summed E-state index contributed by atoms with van der Waals surface area (Å²) in [6.45, 7) is 4.22. The minimum Gasteiger partial charge on any atom is -0.465 e. The Balaban J connectivity index is 5.62. The van der Waals surface area contributed by atoms with Crippen molar-refractivity contribution in [1.29, 1.82) is 0 Å². The number of nitrogens with one attached hydrogen (secondary N) is 5. The molecular weight excluding hydrogens is 484 g/mol. The third-order valence-corrected chi connectivity index (χ3v) is 7.95. The van der Waals surface area contributed by atoms with Crippen LogP contribution in [0.1, 0.15) is 27.7 Å². The Morgan fingerprint density at radius 3 is 0.909 bits per heavy atom. The second-order valence-corrected chi connectivity index (χ2v) is 10.4. The zero-order valence-corrected chi connectivity index (χ0v) is 20.9. The summed E-state index contributed by atoms with van der Waals surface area (Å²) in [5.74, 6) is -3.09. The van der Waals surface area contributed by atoms with Gasteiger partial charge in [-0.15, -0.1) is 0 Å². The van der Waals surface area contributed by atoms with Crippen LogP contribution in [0.2, 0.25) is 0 Å². The lowest BCUT2D eigenvalue weighted by Gasteiger charge is -2.27. The number of carbonyl (C=O) groups is 4. The largest absolute Gasteiger partial charge is 0.465 e. The van der Waals surface area contributed by atoms with Crippen LogP contribution >= 0.6 is 15.2 Å². The van der Waals surface area contributed by atoms with Crippen LogP contribution in [0.15, 0.2) is 0 Å². The smallest absolute Gasteiger partial charge is 0.320 e. The van der Waals surface area contributed by atoms with Gasteiger partial charge in [0.05, 0.1) is 26.4 Å². The SMILES string of the molecule is CCOC(=O)CNP(=O)(NCC(=O)OCC)NP(=O)(NCC(=O)OCC)NCC(=O)OCC. The van der Waals surface area contributed by atoms with Gasteiger partial charge in [-0.1, -0.05) is 0 Å². The highest BCUT2D eigenvalue weighted by atomic mass is 31.2. The van der Waals surface area contributed by atoms with Gasteiger partial charge in [-0.3, -0.25) is 28.3 Å². The summed E-state index contributed by atoms with van der Waals surface area (Å²) in [6.07, 6.45) is 0. The maximum atomic E-state index is 13.4. The minimum atomic E-state index is -4.19. The fourth-order valence-corrected chi connectivity index (χ4v) is 6.35. The fraction of sp³-hybridized carbons (Fsp3) is 0.750. The van der Waals surface area contributed by atoms with Crippen LogP contribution in [0, 0.1) is 0 Å². The van der Waals surface area contributed by atoms with Gasteiger partial charge in [0, 0.05) is 0 Å². The van der Waals surface area contributed by atoms with Crippen molar-refractivity contribution in [2.45, 2.75) is 27.7 Å². The van der Waals surface area contributed by atoms with Crippen molar-refractivity contribution >= 4 is 39.1 Å². The quantitative estimate of drug-likeness (QED) is 0.0876. The molecule has 0 aliphatic carbocycles. The summed E-state index contributed by atoms with van der Waals surface area (Å²) in [6, 6.07) is 0. The predicted octanol–water partition coefficient (Wildman–Crippen LogP) is -0.597. The number of hydrogen-bond donors (Lipinski definition) is 5. The van der Waals surface area contributed by atoms with Crippen LogP contribution < -0.4 is 25.2 Å². The second kappa shape index (κ2) is 16.7. The van der Waals surface area contributed by atoms with Crippen molar-refractivity contribution in [3.8, 4) is 0 Å². The van der Waals surface area contributed by atoms with E-state index in [0.717, 1.165) is 0 Å². The molecule has 0 unspecified atom stereocenters. The number of rotatable bonds is 18. The average molecular weight is 517 g/mol. The van der Waals surface area contributed by atoms with E-state index in [-0.39, 0.29) is 26.4 Å². The van der Waals surface area contributed by atoms with Crippen LogP contribution in [-0.4, -0.2) is 76.5 Å². The van der Waals surface area contributed by atoms with Crippen molar-refractivity contribution in [3.05, 3.63) is 0 Å². The van der Waals surface area contributed by atoms with Gasteiger partial charge in [0.15, 0.2) is 0 Å². The van der Waals surface area contributed by atoms with E-state index in [4.69, 9.17) is 18.9 Å². The Morgan fingerprint density at radius 2 is 0.727 bits per heavy atom. The lowest BCUT2D eigenvalue weighted by atomic mass is 10.7. The number of carbonyl (C=O) groups excluding carboxylic acids is 4. The predicted molar refractivity (Wildman–Crippen MR) is 117 cm³/mol. The van der Waals surface area contributed by atoms with Crippen LogP contribution in [0.3, 0.4) is 0 Å². The molecule has 0 amide bonds. The molecule has 0 aromatic rings. The lowest BCUT2D eigenvalue weighted by Crippen LogP contribution is -2.43. The summed E-state index contributed by atoms with van der Waals surface area (Å²) < 4.78 is 45.7. The minimum absolute atomic E-state index is 0.0647. The van der Waals surface area contributed by atoms with E-state index >= 15 is 0 Å². The standard InChI is InChI=1S/C16H33N5O10P2/c1-5-28-13(22)9-17-32(26,18-10-14(23)29-6-2)21-33(27,19-11-15(24)30-7-3)20-12-16(25)31-8-4/h5-12H2,1-4H3,(H5,17,18,19,20,21,26,27). The third kappa shape index (κ3) is 14.8. The van der Waals surface area contributed by atoms with E-state index in [9.17, 15) is 28.3 Å². The van der Waals surface area contributed by atoms with Crippen LogP contribution in [0.4, 0.5) is 0 Å². The van der Waals surface area contributed by atoms with Gasteiger partial charge in [-0.25, -0.2) is 20.3 Å². The molecule has 0 bridgehead atoms. The maximum Gasteiger partial charge on any atom is 0.320 e. The number of esters is 4. The summed E-state index contributed by atoms with van der Waals surface area (Å²) >= 11 is 0. The molecule has 0 aromatic heterocycles. The molecule has 0 aliphatic heterocycles. The highest BCUT2D eigenvalue weighted by Gasteiger charge is 2.35. The van der Waals surface area contributed by atoms with E-state index in [1.165, 1.54) is 0 Å². The highest BCUT2D eigenvalue weighted by Crippen LogP contribution is 2.45. The molecule has 0 saturated carbocycles. The van der Waals surface area contributed by atoms with Gasteiger partial charge in [0.2, 0.25) is 0 Å². The number of ether oxygens (including phenoxy) is 4. The van der Waals surface area contributed by atoms with Crippen LogP contribution in [0.5, 0.6) is 0 Å². The number of hydrogen-bond acceptors (Lipinski definition) is 10. The Kier molecular flexibility index (Phi) is 15.8. The van der Waals surface area contributed by atoms with Gasteiger partial charge in [-0.2, -0.15) is 4.86 Å². The van der Waals surface area contributed by atoms with Crippen LogP contribution in [-0.2, 0) is 47.3 Å². The first-order chi connectivity index (χ1) is 15.5. The van der Waals surface area contributed by atoms with Crippen LogP contribution in [0.25, 0.3) is 0 Å². The Bertz CT molecular complexity index is 639. The topological polar surface area (TPSA) is 199 Å². The van der Waals surface area contributed by atoms with Crippen molar-refractivity contribution in [3.63, 3.8) is 0 Å². The van der Waals surface area contributed by atoms with E-state index in [2.05, 4.69) is 25.2 Å². The van der Waals surface area contributed by atoms with Gasteiger partial charge in [-0.05, 0) is 27.7 Å². The summed E-state index contributed by atoms with van der Waals surface area (Å²) in [7, 11) is -8.38. The molecule has 0 atom stereocenters. The molecule has 5 N–H and O–H groups in total. The molecule has 15 nitrogen and oxygen atoms in total. The molecular formula is C16H33N5O10P2. The van der Waals surface area contributed by atoms with E-state index < -0.39 is 65.2 Å². The molecule has 0 radical (unpaired) electrons. The molecule has 0 aromatic carbocycles. The summed E-state index contributed by atoms with van der Waals surface area (Å²) in [5.41, 5.74) is 0. The van der Waals surface area contributed by atoms with E-state index in [0.29, 0.717) is 0 Å². The average Bonchev–Trinajstić information content (AvgIpc) is 2.75. The molecule has 0 saturated heterocycles. The molecule has 0 aliphatic rings. The van der Waals surface area contributed by atoms with Gasteiger partial charge in [0.1, 0.15) is 26.2 Å². The third-order valence-electron chi connectivity index (χ3n) is 3.29. The van der Waals surface area contributed by atoms with Crippen molar-refractivity contribution in [1.82, 2.24) is 25.2 Å². The molecule has 192 valence electrons. The first kappa shape index (κ1) is 31.1. The Morgan fingerprint density at radius 1 is 0.515 bits per heavy atom. The highest BCUT2D eigenvalue weighted by molar-refractivity contribution is 7.73.